The lowest BCUT2D eigenvalue weighted by Crippen LogP contribution is -2.37. The van der Waals surface area contributed by atoms with E-state index in [0.29, 0.717) is 12.5 Å². The Balaban J connectivity index is 2.24. The Hall–Kier alpha value is -2.24. The molecule has 6 nitrogen and oxygen atoms in total. The summed E-state index contributed by atoms with van der Waals surface area (Å²) in [5, 5.41) is 13.7. The van der Waals surface area contributed by atoms with Crippen molar-refractivity contribution < 1.29 is 19.4 Å². The van der Waals surface area contributed by atoms with E-state index in [2.05, 4.69) is 17.6 Å². The summed E-state index contributed by atoms with van der Waals surface area (Å²) in [6.45, 7) is 2.76. The summed E-state index contributed by atoms with van der Waals surface area (Å²) >= 11 is 0. The normalized spacial score (nSPS) is 11.5. The molecule has 0 saturated carbocycles. The van der Waals surface area contributed by atoms with Gasteiger partial charge in [-0.3, -0.25) is 4.79 Å². The van der Waals surface area contributed by atoms with E-state index in [4.69, 9.17) is 9.84 Å². The first-order valence-corrected chi connectivity index (χ1v) is 6.90. The molecule has 2 amide bonds. The van der Waals surface area contributed by atoms with Gasteiger partial charge in [0.05, 0.1) is 13.5 Å². The molecular formula is C15H22N2O4. The van der Waals surface area contributed by atoms with Crippen LogP contribution in [0.3, 0.4) is 0 Å². The Morgan fingerprint density at radius 3 is 2.38 bits per heavy atom. The molecule has 0 aromatic heterocycles. The van der Waals surface area contributed by atoms with E-state index in [-0.39, 0.29) is 19.0 Å². The standard InChI is InChI=1S/C15H22N2O4/c1-11(12-3-5-13(21-2)6-4-12)7-9-16-15(20)17-10-8-14(18)19/h3-6,11H,7-10H2,1-2H3,(H,18,19)(H2,16,17,20). The summed E-state index contributed by atoms with van der Waals surface area (Å²) in [4.78, 5) is 21.7. The van der Waals surface area contributed by atoms with Gasteiger partial charge in [0.2, 0.25) is 0 Å². The fourth-order valence-corrected chi connectivity index (χ4v) is 1.85. The van der Waals surface area contributed by atoms with Gasteiger partial charge >= 0.3 is 12.0 Å². The molecule has 6 heteroatoms. The number of carbonyl (C=O) groups is 2. The number of hydrogen-bond donors (Lipinski definition) is 3. The smallest absolute Gasteiger partial charge is 0.314 e. The van der Waals surface area contributed by atoms with Gasteiger partial charge in [0.1, 0.15) is 5.75 Å². The van der Waals surface area contributed by atoms with Gasteiger partial charge < -0.3 is 20.5 Å². The van der Waals surface area contributed by atoms with Gasteiger partial charge in [0, 0.05) is 13.1 Å². The van der Waals surface area contributed by atoms with Crippen LogP contribution < -0.4 is 15.4 Å². The van der Waals surface area contributed by atoms with Gasteiger partial charge in [-0.2, -0.15) is 0 Å². The van der Waals surface area contributed by atoms with Gasteiger partial charge in [-0.1, -0.05) is 19.1 Å². The van der Waals surface area contributed by atoms with E-state index in [1.54, 1.807) is 7.11 Å². The number of aliphatic carboxylic acids is 1. The van der Waals surface area contributed by atoms with Crippen molar-refractivity contribution in [2.75, 3.05) is 20.2 Å². The fourth-order valence-electron chi connectivity index (χ4n) is 1.85. The number of benzene rings is 1. The number of amides is 2. The van der Waals surface area contributed by atoms with Crippen molar-refractivity contribution in [3.63, 3.8) is 0 Å². The molecule has 116 valence electrons. The number of carboxylic acid groups (broad SMARTS) is 1. The van der Waals surface area contributed by atoms with Crippen LogP contribution in [0.1, 0.15) is 31.2 Å². The lowest BCUT2D eigenvalue weighted by molar-refractivity contribution is -0.136. The minimum atomic E-state index is -0.927. The van der Waals surface area contributed by atoms with Crippen molar-refractivity contribution in [1.29, 1.82) is 0 Å². The topological polar surface area (TPSA) is 87.7 Å². The highest BCUT2D eigenvalue weighted by molar-refractivity contribution is 5.74. The van der Waals surface area contributed by atoms with Crippen LogP contribution >= 0.6 is 0 Å². The van der Waals surface area contributed by atoms with Crippen molar-refractivity contribution in [2.24, 2.45) is 0 Å². The lowest BCUT2D eigenvalue weighted by atomic mass is 9.98. The Kier molecular flexibility index (Phi) is 7.08. The summed E-state index contributed by atoms with van der Waals surface area (Å²) in [5.74, 6) is 0.209. The molecule has 1 rings (SSSR count). The second-order valence-corrected chi connectivity index (χ2v) is 4.79. The van der Waals surface area contributed by atoms with Crippen LogP contribution in [0.15, 0.2) is 24.3 Å². The third-order valence-corrected chi connectivity index (χ3v) is 3.17. The maximum Gasteiger partial charge on any atom is 0.314 e. The summed E-state index contributed by atoms with van der Waals surface area (Å²) in [6, 6.07) is 7.51. The number of urea groups is 1. The molecule has 0 fully saturated rings. The summed E-state index contributed by atoms with van der Waals surface area (Å²) < 4.78 is 5.11. The van der Waals surface area contributed by atoms with Crippen LogP contribution in [0, 0.1) is 0 Å². The van der Waals surface area contributed by atoms with Crippen molar-refractivity contribution in [3.05, 3.63) is 29.8 Å². The maximum atomic E-state index is 11.4. The van der Waals surface area contributed by atoms with Crippen molar-refractivity contribution in [3.8, 4) is 5.75 Å². The van der Waals surface area contributed by atoms with E-state index < -0.39 is 5.97 Å². The Morgan fingerprint density at radius 1 is 1.19 bits per heavy atom. The Bertz CT molecular complexity index is 459. The van der Waals surface area contributed by atoms with Crippen LogP contribution in [0.4, 0.5) is 4.79 Å². The van der Waals surface area contributed by atoms with Crippen LogP contribution in [-0.4, -0.2) is 37.3 Å². The number of ether oxygens (including phenoxy) is 1. The molecule has 0 saturated heterocycles. The SMILES string of the molecule is COc1ccc(C(C)CCNC(=O)NCCC(=O)O)cc1. The zero-order chi connectivity index (χ0) is 15.7. The van der Waals surface area contributed by atoms with Gasteiger partial charge in [-0.05, 0) is 30.0 Å². The van der Waals surface area contributed by atoms with E-state index in [1.807, 2.05) is 24.3 Å². The predicted octanol–water partition coefficient (Wildman–Crippen LogP) is 1.96. The van der Waals surface area contributed by atoms with Crippen LogP contribution in [0.2, 0.25) is 0 Å². The first kappa shape index (κ1) is 16.8. The molecule has 0 spiro atoms. The summed E-state index contributed by atoms with van der Waals surface area (Å²) in [6.07, 6.45) is 0.731. The molecule has 0 aliphatic carbocycles. The zero-order valence-corrected chi connectivity index (χ0v) is 12.4. The first-order chi connectivity index (χ1) is 10.0. The second-order valence-electron chi connectivity index (χ2n) is 4.79. The minimum Gasteiger partial charge on any atom is -0.497 e. The zero-order valence-electron chi connectivity index (χ0n) is 12.4. The monoisotopic (exact) mass is 294 g/mol. The van der Waals surface area contributed by atoms with Crippen LogP contribution in [-0.2, 0) is 4.79 Å². The second kappa shape index (κ2) is 8.84. The van der Waals surface area contributed by atoms with E-state index in [0.717, 1.165) is 12.2 Å². The number of nitrogens with one attached hydrogen (secondary N) is 2. The molecule has 0 heterocycles. The first-order valence-electron chi connectivity index (χ1n) is 6.90. The molecule has 3 N–H and O–H groups in total. The van der Waals surface area contributed by atoms with E-state index >= 15 is 0 Å². The summed E-state index contributed by atoms with van der Waals surface area (Å²) in [5.41, 5.74) is 1.18. The Morgan fingerprint density at radius 2 is 1.81 bits per heavy atom. The minimum absolute atomic E-state index is 0.0737. The average molecular weight is 294 g/mol. The Labute approximate surface area is 124 Å². The number of carboxylic acids is 1. The molecule has 0 aliphatic heterocycles. The quantitative estimate of drug-likeness (QED) is 0.684. The molecule has 1 atom stereocenters. The average Bonchev–Trinajstić information content (AvgIpc) is 2.46. The van der Waals surface area contributed by atoms with E-state index in [9.17, 15) is 9.59 Å². The molecule has 1 unspecified atom stereocenters. The number of methoxy groups -OCH3 is 1. The van der Waals surface area contributed by atoms with Gasteiger partial charge in [-0.25, -0.2) is 4.79 Å². The number of rotatable bonds is 8. The van der Waals surface area contributed by atoms with Gasteiger partial charge in [-0.15, -0.1) is 0 Å². The number of carbonyl (C=O) groups excluding carboxylic acids is 1. The molecule has 21 heavy (non-hydrogen) atoms. The molecule has 1 aromatic rings. The fraction of sp³-hybridized carbons (Fsp3) is 0.467. The largest absolute Gasteiger partial charge is 0.497 e. The highest BCUT2D eigenvalue weighted by Crippen LogP contribution is 2.21. The molecule has 0 radical (unpaired) electrons. The summed E-state index contributed by atoms with van der Waals surface area (Å²) in [7, 11) is 1.63. The van der Waals surface area contributed by atoms with Gasteiger partial charge in [0.15, 0.2) is 0 Å². The third kappa shape index (κ3) is 6.65. The van der Waals surface area contributed by atoms with E-state index in [1.165, 1.54) is 5.56 Å². The van der Waals surface area contributed by atoms with Crippen LogP contribution in [0.5, 0.6) is 5.75 Å². The highest BCUT2D eigenvalue weighted by Gasteiger charge is 2.07. The number of hydrogen-bond acceptors (Lipinski definition) is 3. The van der Waals surface area contributed by atoms with Crippen molar-refractivity contribution in [2.45, 2.75) is 25.7 Å². The molecule has 0 aliphatic rings. The molecular weight excluding hydrogens is 272 g/mol. The van der Waals surface area contributed by atoms with Crippen molar-refractivity contribution >= 4 is 12.0 Å². The highest BCUT2D eigenvalue weighted by atomic mass is 16.5. The predicted molar refractivity (Wildman–Crippen MR) is 79.7 cm³/mol. The van der Waals surface area contributed by atoms with Crippen LogP contribution in [0.25, 0.3) is 0 Å². The lowest BCUT2D eigenvalue weighted by Gasteiger charge is -2.13. The molecule has 0 bridgehead atoms. The third-order valence-electron chi connectivity index (χ3n) is 3.17. The molecule has 1 aromatic carbocycles. The maximum absolute atomic E-state index is 11.4. The van der Waals surface area contributed by atoms with Gasteiger partial charge in [0.25, 0.3) is 0 Å². The van der Waals surface area contributed by atoms with Crippen molar-refractivity contribution in [1.82, 2.24) is 10.6 Å².